The largest absolute Gasteiger partial charge is 0.529 e. The molecule has 0 aromatic rings. The Bertz CT molecular complexity index is 633. The molecule has 1 saturated carbocycles. The molecule has 6 nitrogen and oxygen atoms in total. The van der Waals surface area contributed by atoms with Gasteiger partial charge in [0, 0.05) is 16.6 Å². The van der Waals surface area contributed by atoms with Crippen molar-refractivity contribution in [2.45, 2.75) is 58.6 Å². The Morgan fingerprint density at radius 2 is 1.96 bits per heavy atom. The van der Waals surface area contributed by atoms with E-state index >= 15 is 0 Å². The third-order valence-corrected chi connectivity index (χ3v) is 8.28. The van der Waals surface area contributed by atoms with Crippen LogP contribution in [0.2, 0.25) is 0 Å². The van der Waals surface area contributed by atoms with Crippen LogP contribution >= 0.6 is 7.82 Å². The van der Waals surface area contributed by atoms with E-state index in [9.17, 15) is 14.0 Å². The van der Waals surface area contributed by atoms with Crippen molar-refractivity contribution in [1.29, 1.82) is 5.26 Å². The number of rotatable bonds is 8. The fourth-order valence-electron chi connectivity index (χ4n) is 3.86. The van der Waals surface area contributed by atoms with Crippen molar-refractivity contribution in [3.8, 4) is 6.07 Å². The molecule has 2 aliphatic rings. The van der Waals surface area contributed by atoms with Crippen molar-refractivity contribution in [3.63, 3.8) is 0 Å². The van der Waals surface area contributed by atoms with Crippen LogP contribution in [0.1, 0.15) is 53.4 Å². The summed E-state index contributed by atoms with van der Waals surface area (Å²) in [7, 11) is -5.10. The van der Waals surface area contributed by atoms with Crippen LogP contribution in [0.15, 0.2) is 11.3 Å². The molecule has 0 N–H and O–H groups in total. The summed E-state index contributed by atoms with van der Waals surface area (Å²) in [4.78, 5) is 0. The van der Waals surface area contributed by atoms with Crippen molar-refractivity contribution in [1.82, 2.24) is 0 Å². The first-order chi connectivity index (χ1) is 11.8. The number of allylic oxidation sites excluding steroid dienone is 1. The predicted octanol–water partition coefficient (Wildman–Crippen LogP) is 4.31. The lowest BCUT2D eigenvalue weighted by Crippen LogP contribution is -2.43. The van der Waals surface area contributed by atoms with Crippen LogP contribution in [-0.4, -0.2) is 28.4 Å². The molecule has 4 atom stereocenters. The fourth-order valence-corrected chi connectivity index (χ4v) is 6.71. The maximum atomic E-state index is 12.9. The zero-order valence-electron chi connectivity index (χ0n) is 15.4. The average Bonchev–Trinajstić information content (AvgIpc) is 3.02. The second-order valence-electron chi connectivity index (χ2n) is 6.64. The van der Waals surface area contributed by atoms with Gasteiger partial charge in [0.1, 0.15) is 11.0 Å². The number of phosphoric ester groups is 1. The summed E-state index contributed by atoms with van der Waals surface area (Å²) >= 11 is 0. The molecular formula is C17H28NO5PS. The zero-order valence-corrected chi connectivity index (χ0v) is 17.2. The van der Waals surface area contributed by atoms with E-state index in [0.717, 1.165) is 24.8 Å². The monoisotopic (exact) mass is 389 g/mol. The van der Waals surface area contributed by atoms with Gasteiger partial charge in [-0.3, -0.25) is 13.3 Å². The first-order valence-electron chi connectivity index (χ1n) is 8.94. The maximum absolute atomic E-state index is 12.9. The third-order valence-electron chi connectivity index (χ3n) is 4.88. The normalized spacial score (nSPS) is 30.7. The molecule has 0 aliphatic heterocycles. The lowest BCUT2D eigenvalue weighted by atomic mass is 9.72. The highest BCUT2D eigenvalue weighted by Crippen LogP contribution is 2.58. The Morgan fingerprint density at radius 3 is 2.48 bits per heavy atom. The number of hydrogen-bond donors (Lipinski definition) is 0. The Balaban J connectivity index is 2.53. The van der Waals surface area contributed by atoms with Gasteiger partial charge in [-0.2, -0.15) is 5.26 Å². The molecule has 0 saturated heterocycles. The van der Waals surface area contributed by atoms with E-state index in [1.54, 1.807) is 13.8 Å². The molecule has 2 rings (SSSR count). The summed E-state index contributed by atoms with van der Waals surface area (Å²) in [6.07, 6.45) is 3.44. The fraction of sp³-hybridized carbons (Fsp3) is 0.824. The molecule has 0 heterocycles. The number of nitriles is 1. The summed E-state index contributed by atoms with van der Waals surface area (Å²) in [5, 5.41) is 9.20. The van der Waals surface area contributed by atoms with Crippen LogP contribution < -0.4 is 0 Å². The maximum Gasteiger partial charge on any atom is 0.529 e. The SMILES string of the molecule is CCOP(=O)(OCC)OC1=C2CCC[C@@H]2CC(C)(C#N)C1S(=O)CC. The highest BCUT2D eigenvalue weighted by molar-refractivity contribution is 7.85. The van der Waals surface area contributed by atoms with Crippen molar-refractivity contribution < 1.29 is 22.3 Å². The summed E-state index contributed by atoms with van der Waals surface area (Å²) in [5.41, 5.74) is 0.219. The van der Waals surface area contributed by atoms with Gasteiger partial charge >= 0.3 is 7.82 Å². The Kier molecular flexibility index (Phi) is 6.89. The van der Waals surface area contributed by atoms with Gasteiger partial charge in [0.2, 0.25) is 0 Å². The Morgan fingerprint density at radius 1 is 1.32 bits per heavy atom. The third kappa shape index (κ3) is 4.19. The van der Waals surface area contributed by atoms with Gasteiger partial charge in [0.15, 0.2) is 0 Å². The van der Waals surface area contributed by atoms with Crippen molar-refractivity contribution in [3.05, 3.63) is 11.3 Å². The van der Waals surface area contributed by atoms with E-state index in [1.165, 1.54) is 0 Å². The molecule has 0 radical (unpaired) electrons. The minimum Gasteiger partial charge on any atom is -0.407 e. The summed E-state index contributed by atoms with van der Waals surface area (Å²) < 4.78 is 42.2. The summed E-state index contributed by atoms with van der Waals surface area (Å²) in [6.45, 7) is 7.44. The molecule has 0 aromatic carbocycles. The quantitative estimate of drug-likeness (QED) is 0.575. The molecule has 1 fully saturated rings. The van der Waals surface area contributed by atoms with E-state index < -0.39 is 29.3 Å². The highest BCUT2D eigenvalue weighted by Gasteiger charge is 2.52. The lowest BCUT2D eigenvalue weighted by Gasteiger charge is -2.40. The van der Waals surface area contributed by atoms with Crippen molar-refractivity contribution >= 4 is 18.6 Å². The standard InChI is InChI=1S/C17H28NO5PS/c1-5-21-24(19,22-6-2)23-15-14-10-8-9-13(14)11-17(4,12-18)16(15)25(20)7-3/h13,16H,5-11H2,1-4H3/t13-,16?,17?,25?/m1/s1. The molecule has 25 heavy (non-hydrogen) atoms. The number of hydrogen-bond acceptors (Lipinski definition) is 6. The van der Waals surface area contributed by atoms with Gasteiger partial charge in [-0.25, -0.2) is 4.57 Å². The van der Waals surface area contributed by atoms with E-state index in [2.05, 4.69) is 6.07 Å². The average molecular weight is 389 g/mol. The van der Waals surface area contributed by atoms with E-state index in [1.807, 2.05) is 13.8 Å². The molecular weight excluding hydrogens is 361 g/mol. The van der Waals surface area contributed by atoms with Crippen LogP contribution in [0.5, 0.6) is 0 Å². The second-order valence-corrected chi connectivity index (χ2v) is 10.0. The minimum atomic E-state index is -3.79. The van der Waals surface area contributed by atoms with Crippen LogP contribution in [0.25, 0.3) is 0 Å². The second kappa shape index (κ2) is 8.35. The van der Waals surface area contributed by atoms with Gasteiger partial charge in [-0.05, 0) is 57.9 Å². The number of nitrogens with zero attached hydrogens (tertiary/aromatic N) is 1. The van der Waals surface area contributed by atoms with Crippen LogP contribution in [0, 0.1) is 22.7 Å². The molecule has 8 heteroatoms. The van der Waals surface area contributed by atoms with Crippen LogP contribution in [0.3, 0.4) is 0 Å². The Hall–Kier alpha value is -0.670. The molecule has 3 unspecified atom stereocenters. The molecule has 0 amide bonds. The van der Waals surface area contributed by atoms with Crippen LogP contribution in [-0.2, 0) is 28.9 Å². The Labute approximate surface area is 153 Å². The molecule has 0 spiro atoms. The predicted molar refractivity (Wildman–Crippen MR) is 97.1 cm³/mol. The van der Waals surface area contributed by atoms with Gasteiger partial charge in [0.25, 0.3) is 0 Å². The summed E-state index contributed by atoms with van der Waals surface area (Å²) in [5.74, 6) is 1.03. The zero-order chi connectivity index (χ0) is 18.7. The van der Waals surface area contributed by atoms with Crippen molar-refractivity contribution in [2.24, 2.45) is 11.3 Å². The summed E-state index contributed by atoms with van der Waals surface area (Å²) in [6, 6.07) is 2.36. The smallest absolute Gasteiger partial charge is 0.407 e. The van der Waals surface area contributed by atoms with Crippen molar-refractivity contribution in [2.75, 3.05) is 19.0 Å². The van der Waals surface area contributed by atoms with E-state index in [0.29, 0.717) is 17.9 Å². The van der Waals surface area contributed by atoms with E-state index in [-0.39, 0.29) is 19.1 Å². The molecule has 2 aliphatic carbocycles. The molecule has 0 aromatic heterocycles. The lowest BCUT2D eigenvalue weighted by molar-refractivity contribution is 0.132. The topological polar surface area (TPSA) is 85.6 Å². The van der Waals surface area contributed by atoms with Crippen LogP contribution in [0.4, 0.5) is 0 Å². The van der Waals surface area contributed by atoms with Gasteiger partial charge in [-0.15, -0.1) is 0 Å². The molecule has 142 valence electrons. The highest BCUT2D eigenvalue weighted by atomic mass is 32.2. The number of fused-ring (bicyclic) bond motifs is 1. The van der Waals surface area contributed by atoms with Gasteiger partial charge in [0.05, 0.1) is 24.7 Å². The van der Waals surface area contributed by atoms with Gasteiger partial charge < -0.3 is 4.52 Å². The number of phosphoric acid groups is 1. The van der Waals surface area contributed by atoms with Gasteiger partial charge in [-0.1, -0.05) is 6.92 Å². The first kappa shape index (κ1) is 20.6. The molecule has 0 bridgehead atoms. The van der Waals surface area contributed by atoms with E-state index in [4.69, 9.17) is 13.6 Å². The first-order valence-corrected chi connectivity index (χ1v) is 11.8. The minimum absolute atomic E-state index is 0.181.